The maximum Gasteiger partial charge on any atom is 0.284 e. The topological polar surface area (TPSA) is 69.2 Å². The molecule has 2 heterocycles. The van der Waals surface area contributed by atoms with Crippen LogP contribution in [0.5, 0.6) is 17.2 Å². The lowest BCUT2D eigenvalue weighted by Crippen LogP contribution is -2.42. The molecule has 122 valence electrons. The summed E-state index contributed by atoms with van der Waals surface area (Å²) in [6.07, 6.45) is -0.0818. The van der Waals surface area contributed by atoms with E-state index in [2.05, 4.69) is 10.5 Å². The van der Waals surface area contributed by atoms with Crippen molar-refractivity contribution in [1.29, 1.82) is 0 Å². The standard InChI is InChI=1S/C18H16N2O4/c21-18(17-11-23-15-7-3-4-8-16(15)24-17)20-19-13-9-10-22-14-6-2-1-5-12(13)14/h1-8,17H,9-11H2,(H,20,21)/b19-13-/t17-/m1/s1. The van der Waals surface area contributed by atoms with Crippen molar-refractivity contribution in [3.05, 3.63) is 54.1 Å². The van der Waals surface area contributed by atoms with E-state index in [4.69, 9.17) is 14.2 Å². The summed E-state index contributed by atoms with van der Waals surface area (Å²) in [7, 11) is 0. The molecule has 0 spiro atoms. The van der Waals surface area contributed by atoms with E-state index < -0.39 is 6.10 Å². The van der Waals surface area contributed by atoms with Crippen molar-refractivity contribution in [2.75, 3.05) is 13.2 Å². The first-order chi connectivity index (χ1) is 11.8. The molecule has 0 bridgehead atoms. The third kappa shape index (κ3) is 2.78. The van der Waals surface area contributed by atoms with Gasteiger partial charge in [-0.05, 0) is 24.3 Å². The summed E-state index contributed by atoms with van der Waals surface area (Å²) in [6, 6.07) is 14.9. The first-order valence-corrected chi connectivity index (χ1v) is 7.78. The minimum absolute atomic E-state index is 0.160. The molecule has 24 heavy (non-hydrogen) atoms. The Morgan fingerprint density at radius 3 is 2.62 bits per heavy atom. The fourth-order valence-corrected chi connectivity index (χ4v) is 2.68. The molecule has 1 atom stereocenters. The average Bonchev–Trinajstić information content (AvgIpc) is 2.65. The van der Waals surface area contributed by atoms with Crippen LogP contribution < -0.4 is 19.6 Å². The van der Waals surface area contributed by atoms with Crippen LogP contribution >= 0.6 is 0 Å². The van der Waals surface area contributed by atoms with E-state index in [-0.39, 0.29) is 12.5 Å². The maximum atomic E-state index is 12.3. The Balaban J connectivity index is 1.46. The Morgan fingerprint density at radius 1 is 1.00 bits per heavy atom. The molecule has 2 aliphatic rings. The third-order valence-electron chi connectivity index (χ3n) is 3.90. The lowest BCUT2D eigenvalue weighted by molar-refractivity contribution is -0.130. The summed E-state index contributed by atoms with van der Waals surface area (Å²) in [5.74, 6) is 1.66. The molecule has 0 aliphatic carbocycles. The molecule has 6 nitrogen and oxygen atoms in total. The highest BCUT2D eigenvalue weighted by Gasteiger charge is 2.27. The van der Waals surface area contributed by atoms with E-state index >= 15 is 0 Å². The lowest BCUT2D eigenvalue weighted by atomic mass is 10.0. The number of benzene rings is 2. The van der Waals surface area contributed by atoms with Crippen LogP contribution in [0.2, 0.25) is 0 Å². The van der Waals surface area contributed by atoms with E-state index in [0.717, 1.165) is 17.0 Å². The minimum atomic E-state index is -0.723. The molecular weight excluding hydrogens is 308 g/mol. The van der Waals surface area contributed by atoms with Crippen LogP contribution in [0.25, 0.3) is 0 Å². The smallest absolute Gasteiger partial charge is 0.284 e. The van der Waals surface area contributed by atoms with Crippen LogP contribution in [0.4, 0.5) is 0 Å². The van der Waals surface area contributed by atoms with E-state index in [1.807, 2.05) is 42.5 Å². The van der Waals surface area contributed by atoms with Gasteiger partial charge in [0.25, 0.3) is 5.91 Å². The van der Waals surface area contributed by atoms with E-state index in [1.165, 1.54) is 0 Å². The monoisotopic (exact) mass is 324 g/mol. The molecule has 0 unspecified atom stereocenters. The van der Waals surface area contributed by atoms with Gasteiger partial charge < -0.3 is 14.2 Å². The molecule has 0 fully saturated rings. The first kappa shape index (κ1) is 14.6. The third-order valence-corrected chi connectivity index (χ3v) is 3.90. The Morgan fingerprint density at radius 2 is 1.75 bits per heavy atom. The fourth-order valence-electron chi connectivity index (χ4n) is 2.68. The van der Waals surface area contributed by atoms with Gasteiger partial charge in [0.1, 0.15) is 12.4 Å². The lowest BCUT2D eigenvalue weighted by Gasteiger charge is -2.25. The molecule has 0 aromatic heterocycles. The van der Waals surface area contributed by atoms with Crippen molar-refractivity contribution < 1.29 is 19.0 Å². The predicted octanol–water partition coefficient (Wildman–Crippen LogP) is 2.13. The number of rotatable bonds is 2. The summed E-state index contributed by atoms with van der Waals surface area (Å²) < 4.78 is 16.8. The van der Waals surface area contributed by atoms with Crippen molar-refractivity contribution >= 4 is 11.6 Å². The van der Waals surface area contributed by atoms with Gasteiger partial charge in [0.2, 0.25) is 6.10 Å². The molecule has 2 aromatic carbocycles. The fraction of sp³-hybridized carbons (Fsp3) is 0.222. The number of hydrogen-bond acceptors (Lipinski definition) is 5. The van der Waals surface area contributed by atoms with Crippen molar-refractivity contribution in [2.24, 2.45) is 5.10 Å². The summed E-state index contributed by atoms with van der Waals surface area (Å²) >= 11 is 0. The van der Waals surface area contributed by atoms with Gasteiger partial charge in [-0.15, -0.1) is 0 Å². The van der Waals surface area contributed by atoms with Gasteiger partial charge in [-0.2, -0.15) is 5.10 Å². The highest BCUT2D eigenvalue weighted by atomic mass is 16.6. The number of hydrogen-bond donors (Lipinski definition) is 1. The second kappa shape index (κ2) is 6.23. The summed E-state index contributed by atoms with van der Waals surface area (Å²) in [4.78, 5) is 12.3. The van der Waals surface area contributed by atoms with Crippen LogP contribution in [0, 0.1) is 0 Å². The van der Waals surface area contributed by atoms with E-state index in [9.17, 15) is 4.79 Å². The minimum Gasteiger partial charge on any atom is -0.492 e. The predicted molar refractivity (Wildman–Crippen MR) is 87.6 cm³/mol. The zero-order valence-corrected chi connectivity index (χ0v) is 12.9. The normalized spacial score (nSPS) is 20.0. The second-order valence-corrected chi connectivity index (χ2v) is 5.49. The van der Waals surface area contributed by atoms with E-state index in [1.54, 1.807) is 6.07 Å². The van der Waals surface area contributed by atoms with Gasteiger partial charge in [-0.3, -0.25) is 4.79 Å². The number of nitrogens with one attached hydrogen (secondary N) is 1. The van der Waals surface area contributed by atoms with Crippen LogP contribution in [-0.2, 0) is 4.79 Å². The molecule has 4 rings (SSSR count). The number of amides is 1. The Hall–Kier alpha value is -3.02. The number of carbonyl (C=O) groups excluding carboxylic acids is 1. The molecule has 0 radical (unpaired) electrons. The van der Waals surface area contributed by atoms with Gasteiger partial charge >= 0.3 is 0 Å². The SMILES string of the molecule is O=C(N/N=C1/CCOc2ccccc21)[C@H]1COc2ccccc2O1. The molecule has 6 heteroatoms. The molecular formula is C18H16N2O4. The van der Waals surface area contributed by atoms with Crippen molar-refractivity contribution in [3.63, 3.8) is 0 Å². The van der Waals surface area contributed by atoms with Crippen molar-refractivity contribution in [1.82, 2.24) is 5.43 Å². The molecule has 0 saturated carbocycles. The number of nitrogens with zero attached hydrogens (tertiary/aromatic N) is 1. The summed E-state index contributed by atoms with van der Waals surface area (Å²) in [5, 5.41) is 4.26. The number of hydrazone groups is 1. The van der Waals surface area contributed by atoms with Crippen LogP contribution in [0.3, 0.4) is 0 Å². The van der Waals surface area contributed by atoms with Crippen LogP contribution in [0.15, 0.2) is 53.6 Å². The molecule has 2 aliphatic heterocycles. The van der Waals surface area contributed by atoms with Crippen molar-refractivity contribution in [2.45, 2.75) is 12.5 Å². The molecule has 1 N–H and O–H groups in total. The van der Waals surface area contributed by atoms with Gasteiger partial charge in [0.05, 0.1) is 12.3 Å². The Labute approximate surface area is 139 Å². The van der Waals surface area contributed by atoms with Gasteiger partial charge in [-0.25, -0.2) is 5.43 Å². The average molecular weight is 324 g/mol. The van der Waals surface area contributed by atoms with Gasteiger partial charge in [0, 0.05) is 12.0 Å². The zero-order valence-electron chi connectivity index (χ0n) is 12.9. The summed E-state index contributed by atoms with van der Waals surface area (Å²) in [5.41, 5.74) is 4.27. The largest absolute Gasteiger partial charge is 0.492 e. The molecule has 0 saturated heterocycles. The quantitative estimate of drug-likeness (QED) is 0.859. The Bertz CT molecular complexity index is 803. The summed E-state index contributed by atoms with van der Waals surface area (Å²) in [6.45, 7) is 0.704. The molecule has 1 amide bonds. The second-order valence-electron chi connectivity index (χ2n) is 5.49. The number of fused-ring (bicyclic) bond motifs is 2. The highest BCUT2D eigenvalue weighted by molar-refractivity contribution is 6.04. The van der Waals surface area contributed by atoms with Gasteiger partial charge in [-0.1, -0.05) is 24.3 Å². The van der Waals surface area contributed by atoms with Crippen molar-refractivity contribution in [3.8, 4) is 17.2 Å². The zero-order chi connectivity index (χ0) is 16.4. The Kier molecular flexibility index (Phi) is 3.78. The van der Waals surface area contributed by atoms with Crippen LogP contribution in [0.1, 0.15) is 12.0 Å². The number of carbonyl (C=O) groups is 1. The van der Waals surface area contributed by atoms with Gasteiger partial charge in [0.15, 0.2) is 11.5 Å². The van der Waals surface area contributed by atoms with Crippen LogP contribution in [-0.4, -0.2) is 30.9 Å². The highest BCUT2D eigenvalue weighted by Crippen LogP contribution is 2.31. The number of ether oxygens (including phenoxy) is 3. The maximum absolute atomic E-state index is 12.3. The van der Waals surface area contributed by atoms with E-state index in [0.29, 0.717) is 24.5 Å². The number of para-hydroxylation sites is 3. The first-order valence-electron chi connectivity index (χ1n) is 7.78. The molecule has 2 aromatic rings.